The molecule has 0 radical (unpaired) electrons. The molecule has 1 N–H and O–H groups in total. The summed E-state index contributed by atoms with van der Waals surface area (Å²) >= 11 is 9.02. The van der Waals surface area contributed by atoms with E-state index in [2.05, 4.69) is 15.9 Å². The summed E-state index contributed by atoms with van der Waals surface area (Å²) < 4.78 is 31.7. The van der Waals surface area contributed by atoms with E-state index < -0.39 is 28.0 Å². The van der Waals surface area contributed by atoms with Gasteiger partial charge in [-0.3, -0.25) is 4.79 Å². The monoisotopic (exact) mass is 397 g/mol. The number of halogens is 2. The number of benzene rings is 1. The smallest absolute Gasteiger partial charge is 0.310 e. The molecule has 116 valence electrons. The van der Waals surface area contributed by atoms with Crippen molar-refractivity contribution in [2.24, 2.45) is 5.92 Å². The predicted octanol–water partition coefficient (Wildman–Crippen LogP) is 1.82. The summed E-state index contributed by atoms with van der Waals surface area (Å²) in [6.45, 7) is 0.0611. The van der Waals surface area contributed by atoms with Crippen LogP contribution in [0.15, 0.2) is 27.6 Å². The predicted molar refractivity (Wildman–Crippen MR) is 79.8 cm³/mol. The van der Waals surface area contributed by atoms with Gasteiger partial charge in [-0.15, -0.1) is 0 Å². The average Bonchev–Trinajstić information content (AvgIpc) is 2.90. The molecule has 1 heterocycles. The lowest BCUT2D eigenvalue weighted by atomic mass is 10.1. The quantitative estimate of drug-likeness (QED) is 0.836. The molecule has 0 saturated carbocycles. The van der Waals surface area contributed by atoms with Gasteiger partial charge in [0.2, 0.25) is 10.0 Å². The maximum absolute atomic E-state index is 12.6. The van der Waals surface area contributed by atoms with E-state index in [-0.39, 0.29) is 18.1 Å². The number of carbonyl (C=O) groups is 1. The normalized spacial score (nSPS) is 22.7. The zero-order valence-corrected chi connectivity index (χ0v) is 14.2. The highest BCUT2D eigenvalue weighted by Crippen LogP contribution is 2.29. The van der Waals surface area contributed by atoms with Gasteiger partial charge in [0.25, 0.3) is 0 Å². The number of hydrogen-bond acceptors (Lipinski definition) is 4. The molecule has 1 aliphatic heterocycles. The first-order valence-electron chi connectivity index (χ1n) is 5.99. The van der Waals surface area contributed by atoms with Crippen molar-refractivity contribution in [2.45, 2.75) is 10.9 Å². The number of carboxylic acids is 1. The van der Waals surface area contributed by atoms with Gasteiger partial charge in [-0.05, 0) is 34.1 Å². The van der Waals surface area contributed by atoms with E-state index in [1.165, 1.54) is 25.2 Å². The molecular formula is C12H13BrClNO5S. The molecule has 1 aromatic rings. The van der Waals surface area contributed by atoms with Crippen molar-refractivity contribution in [3.63, 3.8) is 0 Å². The highest BCUT2D eigenvalue weighted by molar-refractivity contribution is 9.10. The highest BCUT2D eigenvalue weighted by Gasteiger charge is 2.41. The van der Waals surface area contributed by atoms with Crippen molar-refractivity contribution in [1.82, 2.24) is 4.31 Å². The first kappa shape index (κ1) is 16.7. The van der Waals surface area contributed by atoms with Gasteiger partial charge in [-0.2, -0.15) is 4.31 Å². The van der Waals surface area contributed by atoms with Crippen LogP contribution in [0.25, 0.3) is 0 Å². The Morgan fingerprint density at radius 3 is 2.71 bits per heavy atom. The SMILES string of the molecule is CN(C1COCC1C(=O)O)S(=O)(=O)c1ccc(Cl)c(Br)c1. The summed E-state index contributed by atoms with van der Waals surface area (Å²) in [5.74, 6) is -1.95. The fraction of sp³-hybridized carbons (Fsp3) is 0.417. The van der Waals surface area contributed by atoms with Crippen LogP contribution in [0.3, 0.4) is 0 Å². The summed E-state index contributed by atoms with van der Waals surface area (Å²) in [4.78, 5) is 11.2. The highest BCUT2D eigenvalue weighted by atomic mass is 79.9. The van der Waals surface area contributed by atoms with Crippen molar-refractivity contribution < 1.29 is 23.1 Å². The summed E-state index contributed by atoms with van der Waals surface area (Å²) in [6.07, 6.45) is 0. The van der Waals surface area contributed by atoms with E-state index >= 15 is 0 Å². The fourth-order valence-corrected chi connectivity index (χ4v) is 4.17. The van der Waals surface area contributed by atoms with E-state index in [0.29, 0.717) is 9.50 Å². The molecule has 0 aromatic heterocycles. The van der Waals surface area contributed by atoms with E-state index in [1.807, 2.05) is 0 Å². The van der Waals surface area contributed by atoms with Crippen molar-refractivity contribution in [3.8, 4) is 0 Å². The second-order valence-electron chi connectivity index (χ2n) is 4.65. The van der Waals surface area contributed by atoms with Crippen LogP contribution >= 0.6 is 27.5 Å². The Balaban J connectivity index is 2.34. The summed E-state index contributed by atoms with van der Waals surface area (Å²) in [7, 11) is -2.47. The Morgan fingerprint density at radius 1 is 1.48 bits per heavy atom. The molecule has 0 bridgehead atoms. The third-order valence-corrected chi connectivity index (χ3v) is 6.50. The second-order valence-corrected chi connectivity index (χ2v) is 7.91. The number of carboxylic acid groups (broad SMARTS) is 1. The van der Waals surface area contributed by atoms with Gasteiger partial charge in [0, 0.05) is 11.5 Å². The number of rotatable bonds is 4. The number of ether oxygens (including phenoxy) is 1. The van der Waals surface area contributed by atoms with Gasteiger partial charge in [0.15, 0.2) is 0 Å². The lowest BCUT2D eigenvalue weighted by molar-refractivity contribution is -0.142. The van der Waals surface area contributed by atoms with Crippen LogP contribution in [0.5, 0.6) is 0 Å². The van der Waals surface area contributed by atoms with Gasteiger partial charge < -0.3 is 9.84 Å². The molecule has 2 atom stereocenters. The van der Waals surface area contributed by atoms with Crippen LogP contribution in [0.2, 0.25) is 5.02 Å². The maximum Gasteiger partial charge on any atom is 0.310 e. The molecule has 21 heavy (non-hydrogen) atoms. The molecule has 1 fully saturated rings. The minimum absolute atomic E-state index is 0.00414. The third kappa shape index (κ3) is 3.24. The van der Waals surface area contributed by atoms with Crippen LogP contribution in [-0.4, -0.2) is 50.1 Å². The van der Waals surface area contributed by atoms with Crippen molar-refractivity contribution in [2.75, 3.05) is 20.3 Å². The zero-order chi connectivity index (χ0) is 15.8. The molecule has 0 spiro atoms. The molecule has 6 nitrogen and oxygen atoms in total. The van der Waals surface area contributed by atoms with Crippen molar-refractivity contribution in [1.29, 1.82) is 0 Å². The number of likely N-dealkylation sites (N-methyl/N-ethyl adjacent to an activating group) is 1. The van der Waals surface area contributed by atoms with Crippen LogP contribution in [0.1, 0.15) is 0 Å². The van der Waals surface area contributed by atoms with Gasteiger partial charge in [0.1, 0.15) is 0 Å². The first-order valence-corrected chi connectivity index (χ1v) is 8.60. The zero-order valence-electron chi connectivity index (χ0n) is 11.0. The molecule has 9 heteroatoms. The molecule has 2 unspecified atom stereocenters. The Kier molecular flexibility index (Phi) is 4.94. The fourth-order valence-electron chi connectivity index (χ4n) is 2.12. The van der Waals surface area contributed by atoms with Gasteiger partial charge >= 0.3 is 5.97 Å². The lowest BCUT2D eigenvalue weighted by Gasteiger charge is -2.25. The number of aliphatic carboxylic acids is 1. The van der Waals surface area contributed by atoms with Gasteiger partial charge in [0.05, 0.1) is 35.1 Å². The van der Waals surface area contributed by atoms with Gasteiger partial charge in [-0.1, -0.05) is 11.6 Å². The Morgan fingerprint density at radius 2 is 2.14 bits per heavy atom. The largest absolute Gasteiger partial charge is 0.481 e. The Bertz CT molecular complexity index is 666. The molecule has 0 aliphatic carbocycles. The molecule has 1 aliphatic rings. The van der Waals surface area contributed by atoms with Crippen LogP contribution < -0.4 is 0 Å². The molecule has 0 amide bonds. The van der Waals surface area contributed by atoms with Crippen molar-refractivity contribution in [3.05, 3.63) is 27.7 Å². The van der Waals surface area contributed by atoms with Crippen LogP contribution in [0.4, 0.5) is 0 Å². The van der Waals surface area contributed by atoms with Crippen LogP contribution in [0, 0.1) is 5.92 Å². The molecular weight excluding hydrogens is 386 g/mol. The topological polar surface area (TPSA) is 83.9 Å². The average molecular weight is 399 g/mol. The third-order valence-electron chi connectivity index (χ3n) is 3.40. The van der Waals surface area contributed by atoms with Gasteiger partial charge in [-0.25, -0.2) is 8.42 Å². The number of hydrogen-bond donors (Lipinski definition) is 1. The molecule has 2 rings (SSSR count). The minimum Gasteiger partial charge on any atom is -0.481 e. The second kappa shape index (κ2) is 6.21. The summed E-state index contributed by atoms with van der Waals surface area (Å²) in [5.41, 5.74) is 0. The Labute approximate surface area is 135 Å². The molecule has 1 saturated heterocycles. The van der Waals surface area contributed by atoms with Crippen LogP contribution in [-0.2, 0) is 19.6 Å². The summed E-state index contributed by atoms with van der Waals surface area (Å²) in [6, 6.07) is 3.50. The molecule has 1 aromatic carbocycles. The minimum atomic E-state index is -3.83. The van der Waals surface area contributed by atoms with E-state index in [9.17, 15) is 13.2 Å². The maximum atomic E-state index is 12.6. The van der Waals surface area contributed by atoms with E-state index in [0.717, 1.165) is 4.31 Å². The number of nitrogens with zero attached hydrogens (tertiary/aromatic N) is 1. The number of sulfonamides is 1. The Hall–Kier alpha value is -0.670. The van der Waals surface area contributed by atoms with E-state index in [1.54, 1.807) is 0 Å². The summed E-state index contributed by atoms with van der Waals surface area (Å²) in [5, 5.41) is 9.52. The standard InChI is InChI=1S/C12H13BrClNO5S/c1-15(11-6-20-5-8(11)12(16)17)21(18,19)7-2-3-10(14)9(13)4-7/h2-4,8,11H,5-6H2,1H3,(H,16,17). The van der Waals surface area contributed by atoms with Crippen molar-refractivity contribution >= 4 is 43.5 Å². The first-order chi connectivity index (χ1) is 9.75. The lowest BCUT2D eigenvalue weighted by Crippen LogP contribution is -2.44. The van der Waals surface area contributed by atoms with E-state index in [4.69, 9.17) is 21.4 Å².